The zero-order chi connectivity index (χ0) is 30.6. The number of amides is 2. The molecule has 3 aliphatic rings. The van der Waals surface area contributed by atoms with Crippen LogP contribution in [0.4, 0.5) is 21.9 Å². The number of nitrogens with one attached hydrogen (secondary N) is 2. The number of imidazole rings is 1. The van der Waals surface area contributed by atoms with Gasteiger partial charge in [0.2, 0.25) is 0 Å². The Hall–Kier alpha value is -4.39. The van der Waals surface area contributed by atoms with Crippen molar-refractivity contribution >= 4 is 28.8 Å². The van der Waals surface area contributed by atoms with Crippen LogP contribution in [-0.2, 0) is 6.42 Å². The van der Waals surface area contributed by atoms with Crippen LogP contribution in [-0.4, -0.2) is 39.3 Å². The van der Waals surface area contributed by atoms with E-state index in [4.69, 9.17) is 5.10 Å². The fourth-order valence-corrected chi connectivity index (χ4v) is 7.49. The van der Waals surface area contributed by atoms with E-state index in [1.807, 2.05) is 16.1 Å². The van der Waals surface area contributed by atoms with E-state index in [9.17, 15) is 4.79 Å². The van der Waals surface area contributed by atoms with Crippen LogP contribution in [0.25, 0.3) is 0 Å². The Labute approximate surface area is 266 Å². The SMILES string of the molecule is Cc1ccc2c(c1)N(c1ccc(NCCc3ncc[nH]3)cc1)C(=O)N([C@H]1CC[C@H](c3ccccc3)CC1)N=C2C1CCCCC1. The molecule has 7 nitrogen and oxygen atoms in total. The second-order valence-corrected chi connectivity index (χ2v) is 13.0. The van der Waals surface area contributed by atoms with Crippen molar-refractivity contribution < 1.29 is 4.79 Å². The number of H-pyrrole nitrogens is 1. The van der Waals surface area contributed by atoms with Gasteiger partial charge in [-0.2, -0.15) is 5.10 Å². The number of hydrazone groups is 1. The lowest BCUT2D eigenvalue weighted by molar-refractivity contribution is 0.162. The molecule has 2 amide bonds. The molecule has 4 aromatic rings. The molecule has 1 aromatic heterocycles. The van der Waals surface area contributed by atoms with Crippen LogP contribution in [0.3, 0.4) is 0 Å². The Bertz CT molecular complexity index is 1600. The van der Waals surface area contributed by atoms with Crippen molar-refractivity contribution in [2.75, 3.05) is 16.8 Å². The summed E-state index contributed by atoms with van der Waals surface area (Å²) in [6.45, 7) is 2.88. The first-order valence-corrected chi connectivity index (χ1v) is 16.8. The van der Waals surface area contributed by atoms with Gasteiger partial charge in [-0.3, -0.25) is 4.90 Å². The van der Waals surface area contributed by atoms with Gasteiger partial charge < -0.3 is 10.3 Å². The molecule has 2 aliphatic carbocycles. The average Bonchev–Trinajstić information content (AvgIpc) is 3.57. The molecular weight excluding hydrogens is 556 g/mol. The van der Waals surface area contributed by atoms with E-state index in [1.165, 1.54) is 24.8 Å². The van der Waals surface area contributed by atoms with E-state index < -0.39 is 0 Å². The Kier molecular flexibility index (Phi) is 8.67. The molecule has 2 N–H and O–H groups in total. The minimum atomic E-state index is -0.0469. The van der Waals surface area contributed by atoms with E-state index >= 15 is 0 Å². The predicted molar refractivity (Wildman–Crippen MR) is 182 cm³/mol. The van der Waals surface area contributed by atoms with Crippen molar-refractivity contribution in [1.82, 2.24) is 15.0 Å². The average molecular weight is 601 g/mol. The third-order valence-corrected chi connectivity index (χ3v) is 9.95. The van der Waals surface area contributed by atoms with Crippen LogP contribution in [0.15, 0.2) is 90.3 Å². The highest BCUT2D eigenvalue weighted by molar-refractivity contribution is 6.14. The van der Waals surface area contributed by atoms with Crippen LogP contribution in [0, 0.1) is 12.8 Å². The smallest absolute Gasteiger partial charge is 0.349 e. The van der Waals surface area contributed by atoms with Gasteiger partial charge in [0.15, 0.2) is 0 Å². The molecule has 2 saturated carbocycles. The number of rotatable bonds is 8. The molecule has 7 rings (SSSR count). The molecular formula is C38H44N6O. The number of anilines is 3. The van der Waals surface area contributed by atoms with Crippen LogP contribution in [0.2, 0.25) is 0 Å². The van der Waals surface area contributed by atoms with E-state index in [1.54, 1.807) is 6.20 Å². The maximum absolute atomic E-state index is 14.8. The lowest BCUT2D eigenvalue weighted by Gasteiger charge is -2.36. The lowest BCUT2D eigenvalue weighted by atomic mass is 9.81. The summed E-state index contributed by atoms with van der Waals surface area (Å²) in [6.07, 6.45) is 14.5. The molecule has 7 heteroatoms. The van der Waals surface area contributed by atoms with Crippen LogP contribution in [0.5, 0.6) is 0 Å². The number of fused-ring (bicyclic) bond motifs is 1. The summed E-state index contributed by atoms with van der Waals surface area (Å²) in [4.78, 5) is 24.2. The van der Waals surface area contributed by atoms with Crippen molar-refractivity contribution in [3.05, 3.63) is 108 Å². The summed E-state index contributed by atoms with van der Waals surface area (Å²) in [5.41, 5.74) is 7.58. The van der Waals surface area contributed by atoms with Gasteiger partial charge in [-0.15, -0.1) is 0 Å². The van der Waals surface area contributed by atoms with Crippen molar-refractivity contribution in [2.45, 2.75) is 83.1 Å². The Morgan fingerprint density at radius 2 is 1.64 bits per heavy atom. The topological polar surface area (TPSA) is 76.6 Å². The Morgan fingerprint density at radius 3 is 2.38 bits per heavy atom. The summed E-state index contributed by atoms with van der Waals surface area (Å²) in [6, 6.07) is 25.7. The number of carbonyl (C=O) groups is 1. The van der Waals surface area contributed by atoms with Gasteiger partial charge in [0.05, 0.1) is 23.1 Å². The number of nitrogens with zero attached hydrogens (tertiary/aromatic N) is 4. The van der Waals surface area contributed by atoms with Gasteiger partial charge in [0.1, 0.15) is 5.82 Å². The molecule has 2 fully saturated rings. The van der Waals surface area contributed by atoms with Gasteiger partial charge in [0.25, 0.3) is 0 Å². The highest BCUT2D eigenvalue weighted by Crippen LogP contribution is 2.41. The first kappa shape index (κ1) is 29.3. The quantitative estimate of drug-likeness (QED) is 0.212. The second kappa shape index (κ2) is 13.3. The predicted octanol–water partition coefficient (Wildman–Crippen LogP) is 8.96. The minimum absolute atomic E-state index is 0.0469. The van der Waals surface area contributed by atoms with Crippen molar-refractivity contribution in [1.29, 1.82) is 0 Å². The normalized spacial score (nSPS) is 20.8. The van der Waals surface area contributed by atoms with E-state index in [0.717, 1.165) is 91.2 Å². The Balaban J connectivity index is 1.20. The number of aryl methyl sites for hydroxylation is 1. The zero-order valence-electron chi connectivity index (χ0n) is 26.3. The highest BCUT2D eigenvalue weighted by atomic mass is 16.2. The summed E-state index contributed by atoms with van der Waals surface area (Å²) >= 11 is 0. The summed E-state index contributed by atoms with van der Waals surface area (Å²) in [5, 5.41) is 10.7. The number of aromatic nitrogens is 2. The van der Waals surface area contributed by atoms with Gasteiger partial charge in [-0.1, -0.05) is 61.7 Å². The van der Waals surface area contributed by atoms with Gasteiger partial charge in [-0.25, -0.2) is 14.8 Å². The number of urea groups is 1. The number of aromatic amines is 1. The van der Waals surface area contributed by atoms with Crippen LogP contribution >= 0.6 is 0 Å². The number of hydrogen-bond acceptors (Lipinski definition) is 4. The van der Waals surface area contributed by atoms with Gasteiger partial charge in [0, 0.05) is 42.5 Å². The number of benzene rings is 3. The lowest BCUT2D eigenvalue weighted by Crippen LogP contribution is -2.44. The van der Waals surface area contributed by atoms with Crippen molar-refractivity contribution in [2.24, 2.45) is 11.0 Å². The molecule has 0 bridgehead atoms. The summed E-state index contributed by atoms with van der Waals surface area (Å²) in [5.74, 6) is 1.87. The second-order valence-electron chi connectivity index (χ2n) is 13.0. The maximum Gasteiger partial charge on any atom is 0.349 e. The van der Waals surface area contributed by atoms with E-state index in [2.05, 4.69) is 95.0 Å². The molecule has 0 atom stereocenters. The fourth-order valence-electron chi connectivity index (χ4n) is 7.49. The van der Waals surface area contributed by atoms with Crippen molar-refractivity contribution in [3.8, 4) is 0 Å². The maximum atomic E-state index is 14.8. The van der Waals surface area contributed by atoms with Crippen LogP contribution in [0.1, 0.15) is 86.2 Å². The summed E-state index contributed by atoms with van der Waals surface area (Å²) in [7, 11) is 0. The van der Waals surface area contributed by atoms with E-state index in [-0.39, 0.29) is 12.1 Å². The first-order valence-electron chi connectivity index (χ1n) is 16.8. The van der Waals surface area contributed by atoms with Gasteiger partial charge >= 0.3 is 6.03 Å². The van der Waals surface area contributed by atoms with E-state index in [0.29, 0.717) is 11.8 Å². The first-order chi connectivity index (χ1) is 22.1. The zero-order valence-corrected chi connectivity index (χ0v) is 26.3. The molecule has 0 radical (unpaired) electrons. The number of hydrogen-bond donors (Lipinski definition) is 2. The molecule has 0 spiro atoms. The molecule has 0 saturated heterocycles. The third-order valence-electron chi connectivity index (χ3n) is 9.95. The molecule has 0 unspecified atom stereocenters. The summed E-state index contributed by atoms with van der Waals surface area (Å²) < 4.78 is 0. The largest absolute Gasteiger partial charge is 0.385 e. The van der Waals surface area contributed by atoms with Crippen molar-refractivity contribution in [3.63, 3.8) is 0 Å². The van der Waals surface area contributed by atoms with Gasteiger partial charge in [-0.05, 0) is 92.8 Å². The van der Waals surface area contributed by atoms with Crippen LogP contribution < -0.4 is 10.2 Å². The molecule has 3 aromatic carbocycles. The molecule has 1 aliphatic heterocycles. The molecule has 45 heavy (non-hydrogen) atoms. The monoisotopic (exact) mass is 600 g/mol. The molecule has 2 heterocycles. The third kappa shape index (κ3) is 6.39. The number of carbonyl (C=O) groups excluding carboxylic acids is 1. The highest BCUT2D eigenvalue weighted by Gasteiger charge is 2.38. The standard InChI is InChI=1S/C38H44N6O/c1-27-12-21-34-35(26-27)43(32-19-15-31(16-20-32)39-23-22-36-40-24-25-41-36)38(45)44(42-37(34)30-10-6-3-7-11-30)33-17-13-29(14-18-33)28-8-4-2-5-9-28/h2,4-5,8-9,12,15-16,19-21,24-26,29-30,33,39H,3,6-7,10-11,13-14,17-18,22-23H2,1H3,(H,40,41)/t29-,33-. The Morgan fingerprint density at radius 1 is 0.867 bits per heavy atom. The molecule has 232 valence electrons. The fraction of sp³-hybridized carbons (Fsp3) is 0.395. The minimum Gasteiger partial charge on any atom is -0.385 e.